The molecule has 0 unspecified atom stereocenters. The highest BCUT2D eigenvalue weighted by atomic mass is 16.8. The second-order valence-electron chi connectivity index (χ2n) is 4.42. The fraction of sp³-hybridized carbons (Fsp3) is 0.900. The molecule has 3 atom stereocenters. The average molecular weight is 214 g/mol. The highest BCUT2D eigenvalue weighted by Gasteiger charge is 2.58. The van der Waals surface area contributed by atoms with E-state index in [9.17, 15) is 9.90 Å². The Morgan fingerprint density at radius 3 is 2.60 bits per heavy atom. The molecule has 2 heterocycles. The molecule has 0 amide bonds. The fourth-order valence-electron chi connectivity index (χ4n) is 2.61. The summed E-state index contributed by atoms with van der Waals surface area (Å²) in [5.74, 6) is -1.14. The number of hydrogen-bond donors (Lipinski definition) is 1. The highest BCUT2D eigenvalue weighted by molar-refractivity contribution is 5.78. The summed E-state index contributed by atoms with van der Waals surface area (Å²) in [7, 11) is 0. The molecule has 84 valence electrons. The molecule has 3 rings (SSSR count). The Hall–Kier alpha value is -0.650. The van der Waals surface area contributed by atoms with E-state index >= 15 is 0 Å². The summed E-state index contributed by atoms with van der Waals surface area (Å²) in [5, 5.41) is 9.44. The van der Waals surface area contributed by atoms with E-state index in [-0.39, 0.29) is 0 Å². The number of aliphatic hydroxyl groups excluding tert-OH is 1. The second kappa shape index (κ2) is 3.17. The number of carbonyl (C=O) groups excluding carboxylic acids is 1. The van der Waals surface area contributed by atoms with Crippen molar-refractivity contribution in [3.05, 3.63) is 0 Å². The quantitative estimate of drug-likeness (QED) is 0.588. The number of fused-ring (bicyclic) bond motifs is 1. The van der Waals surface area contributed by atoms with Crippen LogP contribution >= 0.6 is 0 Å². The molecule has 3 fully saturated rings. The minimum atomic E-state index is -1.16. The van der Waals surface area contributed by atoms with Gasteiger partial charge in [-0.15, -0.1) is 0 Å². The molecule has 0 radical (unpaired) electrons. The van der Waals surface area contributed by atoms with Crippen LogP contribution in [0.15, 0.2) is 0 Å². The maximum absolute atomic E-state index is 11.3. The summed E-state index contributed by atoms with van der Waals surface area (Å²) >= 11 is 0. The van der Waals surface area contributed by atoms with Crippen molar-refractivity contribution < 1.29 is 24.1 Å². The number of ether oxygens (including phenoxy) is 3. The van der Waals surface area contributed by atoms with Crippen LogP contribution in [0.3, 0.4) is 0 Å². The number of hydrogen-bond acceptors (Lipinski definition) is 5. The van der Waals surface area contributed by atoms with Crippen molar-refractivity contribution >= 4 is 5.97 Å². The van der Waals surface area contributed by atoms with E-state index in [0.29, 0.717) is 0 Å². The molecule has 1 N–H and O–H groups in total. The first kappa shape index (κ1) is 9.57. The molecule has 0 bridgehead atoms. The number of carbonyl (C=O) groups is 1. The minimum Gasteiger partial charge on any atom is -0.431 e. The maximum Gasteiger partial charge on any atom is 0.340 e. The van der Waals surface area contributed by atoms with Crippen molar-refractivity contribution in [2.45, 2.75) is 56.4 Å². The van der Waals surface area contributed by atoms with E-state index in [1.165, 1.54) is 6.42 Å². The van der Waals surface area contributed by atoms with E-state index in [0.717, 1.165) is 25.7 Å². The monoisotopic (exact) mass is 214 g/mol. The van der Waals surface area contributed by atoms with Gasteiger partial charge in [-0.3, -0.25) is 0 Å². The van der Waals surface area contributed by atoms with Crippen molar-refractivity contribution in [1.29, 1.82) is 0 Å². The summed E-state index contributed by atoms with van der Waals surface area (Å²) in [5.41, 5.74) is 0. The molecular formula is C10H14O5. The zero-order valence-electron chi connectivity index (χ0n) is 8.35. The lowest BCUT2D eigenvalue weighted by Crippen LogP contribution is -2.36. The lowest BCUT2D eigenvalue weighted by Gasteiger charge is -2.32. The Balaban J connectivity index is 1.79. The molecule has 5 heteroatoms. The van der Waals surface area contributed by atoms with Gasteiger partial charge in [0.15, 0.2) is 18.0 Å². The molecule has 0 aromatic heterocycles. The van der Waals surface area contributed by atoms with E-state index in [2.05, 4.69) is 4.74 Å². The average Bonchev–Trinajstić information content (AvgIpc) is 2.69. The first-order chi connectivity index (χ1) is 7.20. The molecule has 3 aliphatic rings. The molecule has 5 nitrogen and oxygen atoms in total. The van der Waals surface area contributed by atoms with Crippen molar-refractivity contribution in [1.82, 2.24) is 0 Å². The summed E-state index contributed by atoms with van der Waals surface area (Å²) in [6, 6.07) is 0. The van der Waals surface area contributed by atoms with Gasteiger partial charge in [-0.2, -0.15) is 0 Å². The van der Waals surface area contributed by atoms with E-state index in [1.807, 2.05) is 0 Å². The lowest BCUT2D eigenvalue weighted by molar-refractivity contribution is -0.233. The van der Waals surface area contributed by atoms with Crippen molar-refractivity contribution in [2.75, 3.05) is 0 Å². The van der Waals surface area contributed by atoms with Crippen LogP contribution in [-0.2, 0) is 19.0 Å². The lowest BCUT2D eigenvalue weighted by atomic mass is 9.94. The Kier molecular flexibility index (Phi) is 2.02. The van der Waals surface area contributed by atoms with Gasteiger partial charge in [-0.25, -0.2) is 4.79 Å². The van der Waals surface area contributed by atoms with Gasteiger partial charge in [0, 0.05) is 12.8 Å². The van der Waals surface area contributed by atoms with Gasteiger partial charge in [-0.1, -0.05) is 6.42 Å². The van der Waals surface area contributed by atoms with Gasteiger partial charge in [-0.05, 0) is 12.8 Å². The predicted octanol–water partition coefficient (Wildman–Crippen LogP) is 0.306. The SMILES string of the molecule is O=C1O[C@H](O)[C@H]2OC3(CCCCC3)O[C@H]12. The van der Waals surface area contributed by atoms with Crippen molar-refractivity contribution in [3.63, 3.8) is 0 Å². The van der Waals surface area contributed by atoms with Gasteiger partial charge in [0.25, 0.3) is 0 Å². The predicted molar refractivity (Wildman–Crippen MR) is 47.7 cm³/mol. The zero-order chi connectivity index (χ0) is 10.5. The topological polar surface area (TPSA) is 65.0 Å². The Morgan fingerprint density at radius 2 is 1.93 bits per heavy atom. The molecule has 2 saturated heterocycles. The maximum atomic E-state index is 11.3. The fourth-order valence-corrected chi connectivity index (χ4v) is 2.61. The van der Waals surface area contributed by atoms with Gasteiger partial charge in [0.1, 0.15) is 0 Å². The number of cyclic esters (lactones) is 1. The number of aliphatic hydroxyl groups is 1. The molecule has 1 spiro atoms. The van der Waals surface area contributed by atoms with Crippen LogP contribution in [0.2, 0.25) is 0 Å². The van der Waals surface area contributed by atoms with Gasteiger partial charge in [0.2, 0.25) is 6.29 Å². The standard InChI is InChI=1S/C10H14O5/c11-8-6-7(9(12)13-8)15-10(14-6)4-2-1-3-5-10/h6-8,11H,1-5H2/t6-,7-,8-/m0/s1. The third kappa shape index (κ3) is 1.38. The molecule has 1 saturated carbocycles. The van der Waals surface area contributed by atoms with Crippen LogP contribution in [0.25, 0.3) is 0 Å². The first-order valence-corrected chi connectivity index (χ1v) is 5.44. The zero-order valence-corrected chi connectivity index (χ0v) is 8.35. The first-order valence-electron chi connectivity index (χ1n) is 5.44. The van der Waals surface area contributed by atoms with Gasteiger partial charge >= 0.3 is 5.97 Å². The third-order valence-electron chi connectivity index (χ3n) is 3.36. The highest BCUT2D eigenvalue weighted by Crippen LogP contribution is 2.43. The van der Waals surface area contributed by atoms with Crippen LogP contribution in [0.5, 0.6) is 0 Å². The normalized spacial score (nSPS) is 43.0. The van der Waals surface area contributed by atoms with Crippen LogP contribution in [0.1, 0.15) is 32.1 Å². The Morgan fingerprint density at radius 1 is 1.20 bits per heavy atom. The second-order valence-corrected chi connectivity index (χ2v) is 4.42. The molecular weight excluding hydrogens is 200 g/mol. The summed E-state index contributed by atoms with van der Waals surface area (Å²) in [6.07, 6.45) is 2.36. The minimum absolute atomic E-state index is 0.505. The van der Waals surface area contributed by atoms with Gasteiger partial charge in [0.05, 0.1) is 0 Å². The van der Waals surface area contributed by atoms with Crippen LogP contribution in [0, 0.1) is 0 Å². The smallest absolute Gasteiger partial charge is 0.340 e. The largest absolute Gasteiger partial charge is 0.431 e. The van der Waals surface area contributed by atoms with Gasteiger partial charge < -0.3 is 19.3 Å². The Labute approximate surface area is 87.3 Å². The van der Waals surface area contributed by atoms with Crippen molar-refractivity contribution in [3.8, 4) is 0 Å². The molecule has 0 aromatic carbocycles. The number of rotatable bonds is 0. The molecule has 1 aliphatic carbocycles. The Bertz CT molecular complexity index is 284. The molecule has 15 heavy (non-hydrogen) atoms. The summed E-state index contributed by atoms with van der Waals surface area (Å²) < 4.78 is 15.9. The summed E-state index contributed by atoms with van der Waals surface area (Å²) in [6.45, 7) is 0. The molecule has 0 aromatic rings. The third-order valence-corrected chi connectivity index (χ3v) is 3.36. The van der Waals surface area contributed by atoms with E-state index in [4.69, 9.17) is 9.47 Å². The van der Waals surface area contributed by atoms with Crippen LogP contribution < -0.4 is 0 Å². The van der Waals surface area contributed by atoms with Crippen molar-refractivity contribution in [2.24, 2.45) is 0 Å². The summed E-state index contributed by atoms with van der Waals surface area (Å²) in [4.78, 5) is 11.3. The van der Waals surface area contributed by atoms with Crippen LogP contribution in [0.4, 0.5) is 0 Å². The van der Waals surface area contributed by atoms with E-state index in [1.54, 1.807) is 0 Å². The van der Waals surface area contributed by atoms with Crippen LogP contribution in [-0.4, -0.2) is 35.4 Å². The molecule has 2 aliphatic heterocycles. The number of esters is 1. The van der Waals surface area contributed by atoms with E-state index < -0.39 is 30.3 Å².